The molecule has 94 valence electrons. The van der Waals surface area contributed by atoms with Crippen LogP contribution in [0.1, 0.15) is 11.1 Å². The van der Waals surface area contributed by atoms with Gasteiger partial charge >= 0.3 is 6.92 Å². The molecule has 2 heteroatoms. The average Bonchev–Trinajstić information content (AvgIpc) is 2.52. The van der Waals surface area contributed by atoms with Gasteiger partial charge in [0.2, 0.25) is 0 Å². The molecule has 0 saturated carbocycles. The Morgan fingerprint density at radius 2 is 1.50 bits per heavy atom. The second-order valence-corrected chi connectivity index (χ2v) is 5.16. The van der Waals surface area contributed by atoms with Crippen molar-refractivity contribution in [3.8, 4) is 0 Å². The van der Waals surface area contributed by atoms with Crippen molar-refractivity contribution >= 4 is 34.7 Å². The van der Waals surface area contributed by atoms with E-state index in [1.807, 2.05) is 42.5 Å². The van der Waals surface area contributed by atoms with Gasteiger partial charge in [0.15, 0.2) is 0 Å². The van der Waals surface area contributed by atoms with Gasteiger partial charge in [-0.15, -0.1) is 0 Å². The fraction of sp³-hybridized carbons (Fsp3) is 0. The minimum Gasteiger partial charge on any atom is -0.443 e. The summed E-state index contributed by atoms with van der Waals surface area (Å²) in [6.07, 6.45) is 2.11. The largest absolute Gasteiger partial charge is 0.443 e. The van der Waals surface area contributed by atoms with Gasteiger partial charge in [0, 0.05) is 0 Å². The summed E-state index contributed by atoms with van der Waals surface area (Å²) in [5.41, 5.74) is 4.23. The minimum atomic E-state index is -0.559. The number of rotatable bonds is 1. The SMILES string of the molecule is OB1C(c2ccccc2)=Cc2cccc3cccc1c23. The predicted octanol–water partition coefficient (Wildman–Crippen LogP) is 3.12. The van der Waals surface area contributed by atoms with Crippen molar-refractivity contribution < 1.29 is 5.02 Å². The van der Waals surface area contributed by atoms with Crippen LogP contribution in [0.5, 0.6) is 0 Å². The molecule has 0 amide bonds. The third kappa shape index (κ3) is 1.62. The molecule has 0 radical (unpaired) electrons. The zero-order chi connectivity index (χ0) is 13.5. The molecule has 0 spiro atoms. The Hall–Kier alpha value is -2.32. The van der Waals surface area contributed by atoms with Gasteiger partial charge in [0.25, 0.3) is 0 Å². The van der Waals surface area contributed by atoms with E-state index >= 15 is 0 Å². The molecular formula is C18H13BO. The first-order valence-electron chi connectivity index (χ1n) is 6.81. The van der Waals surface area contributed by atoms with E-state index in [2.05, 4.69) is 30.3 Å². The Bertz CT molecular complexity index is 816. The van der Waals surface area contributed by atoms with Gasteiger partial charge in [-0.1, -0.05) is 72.8 Å². The van der Waals surface area contributed by atoms with Crippen molar-refractivity contribution in [2.45, 2.75) is 0 Å². The van der Waals surface area contributed by atoms with Crippen molar-refractivity contribution in [1.29, 1.82) is 0 Å². The van der Waals surface area contributed by atoms with Crippen LogP contribution in [-0.4, -0.2) is 11.9 Å². The molecule has 3 aromatic rings. The van der Waals surface area contributed by atoms with Crippen molar-refractivity contribution in [3.05, 3.63) is 77.9 Å². The maximum atomic E-state index is 10.7. The maximum Gasteiger partial charge on any atom is 0.360 e. The lowest BCUT2D eigenvalue weighted by Crippen LogP contribution is -2.34. The topological polar surface area (TPSA) is 20.2 Å². The van der Waals surface area contributed by atoms with Crippen LogP contribution >= 0.6 is 0 Å². The standard InChI is InChI=1S/C18H13BO/c20-19-16-11-5-9-14-8-4-10-15(18(14)16)12-17(19)13-6-2-1-3-7-13/h1-12,20H. The molecular weight excluding hydrogens is 243 g/mol. The van der Waals surface area contributed by atoms with Crippen molar-refractivity contribution in [1.82, 2.24) is 0 Å². The van der Waals surface area contributed by atoms with E-state index in [1.54, 1.807) is 0 Å². The van der Waals surface area contributed by atoms with Gasteiger partial charge in [-0.05, 0) is 32.8 Å². The molecule has 0 aromatic heterocycles. The van der Waals surface area contributed by atoms with Gasteiger partial charge < -0.3 is 5.02 Å². The van der Waals surface area contributed by atoms with Crippen LogP contribution < -0.4 is 5.46 Å². The number of hydrogen-bond acceptors (Lipinski definition) is 1. The molecule has 1 aliphatic heterocycles. The monoisotopic (exact) mass is 256 g/mol. The predicted molar refractivity (Wildman–Crippen MR) is 85.9 cm³/mol. The smallest absolute Gasteiger partial charge is 0.360 e. The molecule has 3 aromatic carbocycles. The van der Waals surface area contributed by atoms with Gasteiger partial charge in [-0.25, -0.2) is 0 Å². The summed E-state index contributed by atoms with van der Waals surface area (Å²) in [5, 5.41) is 13.1. The van der Waals surface area contributed by atoms with Gasteiger partial charge in [0.1, 0.15) is 0 Å². The summed E-state index contributed by atoms with van der Waals surface area (Å²) in [6, 6.07) is 22.5. The Morgan fingerprint density at radius 1 is 0.750 bits per heavy atom. The first kappa shape index (κ1) is 11.5. The summed E-state index contributed by atoms with van der Waals surface area (Å²) in [4.78, 5) is 0. The summed E-state index contributed by atoms with van der Waals surface area (Å²) in [7, 11) is 0. The average molecular weight is 256 g/mol. The van der Waals surface area contributed by atoms with E-state index in [0.717, 1.165) is 16.5 Å². The molecule has 1 aliphatic rings. The Kier molecular flexibility index (Phi) is 2.51. The molecule has 0 atom stereocenters. The van der Waals surface area contributed by atoms with Crippen LogP contribution in [0.3, 0.4) is 0 Å². The van der Waals surface area contributed by atoms with Gasteiger partial charge in [-0.3, -0.25) is 0 Å². The molecule has 20 heavy (non-hydrogen) atoms. The lowest BCUT2D eigenvalue weighted by atomic mass is 9.50. The van der Waals surface area contributed by atoms with Crippen molar-refractivity contribution in [2.75, 3.05) is 0 Å². The molecule has 0 saturated heterocycles. The highest BCUT2D eigenvalue weighted by Gasteiger charge is 2.27. The van der Waals surface area contributed by atoms with Gasteiger partial charge in [-0.2, -0.15) is 0 Å². The lowest BCUT2D eigenvalue weighted by Gasteiger charge is -2.21. The molecule has 0 unspecified atom stereocenters. The highest BCUT2D eigenvalue weighted by molar-refractivity contribution is 6.87. The van der Waals surface area contributed by atoms with Crippen molar-refractivity contribution in [3.63, 3.8) is 0 Å². The molecule has 0 bridgehead atoms. The van der Waals surface area contributed by atoms with Crippen LogP contribution in [0.4, 0.5) is 0 Å². The molecule has 1 N–H and O–H groups in total. The lowest BCUT2D eigenvalue weighted by molar-refractivity contribution is 0.601. The van der Waals surface area contributed by atoms with E-state index in [9.17, 15) is 5.02 Å². The van der Waals surface area contributed by atoms with E-state index in [0.29, 0.717) is 0 Å². The minimum absolute atomic E-state index is 0.559. The fourth-order valence-corrected chi connectivity index (χ4v) is 3.03. The van der Waals surface area contributed by atoms with Crippen LogP contribution in [0, 0.1) is 0 Å². The normalized spacial score (nSPS) is 13.4. The third-order valence-electron chi connectivity index (χ3n) is 3.98. The fourth-order valence-electron chi connectivity index (χ4n) is 3.03. The molecule has 0 aliphatic carbocycles. The first-order valence-corrected chi connectivity index (χ1v) is 6.81. The highest BCUT2D eigenvalue weighted by atomic mass is 16.2. The Balaban J connectivity index is 2.02. The maximum absolute atomic E-state index is 10.7. The summed E-state index contributed by atoms with van der Waals surface area (Å²) < 4.78 is 0. The van der Waals surface area contributed by atoms with Crippen molar-refractivity contribution in [2.24, 2.45) is 0 Å². The summed E-state index contributed by atoms with van der Waals surface area (Å²) in [6.45, 7) is -0.559. The van der Waals surface area contributed by atoms with Crippen LogP contribution in [0.25, 0.3) is 22.3 Å². The molecule has 1 heterocycles. The number of benzene rings is 3. The zero-order valence-electron chi connectivity index (χ0n) is 11.0. The van der Waals surface area contributed by atoms with Crippen LogP contribution in [0.15, 0.2) is 66.7 Å². The second kappa shape index (κ2) is 4.36. The van der Waals surface area contributed by atoms with Crippen LogP contribution in [-0.2, 0) is 0 Å². The van der Waals surface area contributed by atoms with Gasteiger partial charge in [0.05, 0.1) is 0 Å². The summed E-state index contributed by atoms with van der Waals surface area (Å²) >= 11 is 0. The van der Waals surface area contributed by atoms with E-state index in [4.69, 9.17) is 0 Å². The first-order chi connectivity index (χ1) is 9.84. The number of hydrogen-bond donors (Lipinski definition) is 1. The Labute approximate surface area is 118 Å². The molecule has 0 fully saturated rings. The second-order valence-electron chi connectivity index (χ2n) is 5.16. The molecule has 1 nitrogen and oxygen atoms in total. The Morgan fingerprint density at radius 3 is 2.30 bits per heavy atom. The zero-order valence-corrected chi connectivity index (χ0v) is 11.0. The van der Waals surface area contributed by atoms with E-state index in [-0.39, 0.29) is 0 Å². The molecule has 4 rings (SSSR count). The third-order valence-corrected chi connectivity index (χ3v) is 3.98. The van der Waals surface area contributed by atoms with E-state index in [1.165, 1.54) is 16.3 Å². The highest BCUT2D eigenvalue weighted by Crippen LogP contribution is 2.29. The summed E-state index contributed by atoms with van der Waals surface area (Å²) in [5.74, 6) is 0. The van der Waals surface area contributed by atoms with E-state index < -0.39 is 6.92 Å². The van der Waals surface area contributed by atoms with Crippen LogP contribution in [0.2, 0.25) is 0 Å². The quantitative estimate of drug-likeness (QED) is 0.663.